The van der Waals surface area contributed by atoms with Crippen molar-refractivity contribution in [2.75, 3.05) is 5.32 Å². The molecule has 1 atom stereocenters. The minimum atomic E-state index is -0.734. The molecule has 1 aromatic heterocycles. The van der Waals surface area contributed by atoms with Crippen molar-refractivity contribution in [3.05, 3.63) is 60.2 Å². The van der Waals surface area contributed by atoms with Crippen LogP contribution in [0.2, 0.25) is 0 Å². The van der Waals surface area contributed by atoms with Gasteiger partial charge in [0, 0.05) is 18.1 Å². The van der Waals surface area contributed by atoms with E-state index in [-0.39, 0.29) is 17.6 Å². The van der Waals surface area contributed by atoms with Gasteiger partial charge in [-0.3, -0.25) is 14.6 Å². The van der Waals surface area contributed by atoms with Gasteiger partial charge < -0.3 is 10.6 Å². The third kappa shape index (κ3) is 4.10. The number of aromatic nitrogens is 1. The lowest BCUT2D eigenvalue weighted by atomic mass is 10.2. The topological polar surface area (TPSA) is 71.1 Å². The maximum Gasteiger partial charge on any atom is 0.253 e. The molecule has 1 heterocycles. The highest BCUT2D eigenvalue weighted by atomic mass is 19.1. The number of carbonyl (C=O) groups is 2. The van der Waals surface area contributed by atoms with E-state index in [1.807, 2.05) is 0 Å². The van der Waals surface area contributed by atoms with Crippen molar-refractivity contribution >= 4 is 17.5 Å². The first-order valence-electron chi connectivity index (χ1n) is 6.33. The van der Waals surface area contributed by atoms with Gasteiger partial charge in [0.1, 0.15) is 11.9 Å². The Kier molecular flexibility index (Phi) is 4.61. The predicted octanol–water partition coefficient (Wildman–Crippen LogP) is 1.98. The highest BCUT2D eigenvalue weighted by Gasteiger charge is 2.16. The van der Waals surface area contributed by atoms with Gasteiger partial charge in [0.15, 0.2) is 0 Å². The van der Waals surface area contributed by atoms with Gasteiger partial charge in [-0.15, -0.1) is 0 Å². The number of hydrogen-bond donors (Lipinski definition) is 2. The van der Waals surface area contributed by atoms with E-state index >= 15 is 0 Å². The third-order valence-corrected chi connectivity index (χ3v) is 2.78. The third-order valence-electron chi connectivity index (χ3n) is 2.78. The molecule has 0 aliphatic heterocycles. The molecule has 108 valence electrons. The molecule has 2 N–H and O–H groups in total. The predicted molar refractivity (Wildman–Crippen MR) is 76.2 cm³/mol. The monoisotopic (exact) mass is 287 g/mol. The number of anilines is 1. The normalized spacial score (nSPS) is 11.5. The Bertz CT molecular complexity index is 629. The smallest absolute Gasteiger partial charge is 0.253 e. The van der Waals surface area contributed by atoms with Crippen LogP contribution in [-0.2, 0) is 4.79 Å². The summed E-state index contributed by atoms with van der Waals surface area (Å²) < 4.78 is 12.8. The fourth-order valence-electron chi connectivity index (χ4n) is 1.63. The highest BCUT2D eigenvalue weighted by Crippen LogP contribution is 2.08. The number of amides is 2. The molecule has 2 amide bonds. The minimum Gasteiger partial charge on any atom is -0.340 e. The molecule has 2 aromatic rings. The van der Waals surface area contributed by atoms with E-state index in [0.29, 0.717) is 11.3 Å². The molecule has 0 aliphatic rings. The lowest BCUT2D eigenvalue weighted by Crippen LogP contribution is -2.41. The van der Waals surface area contributed by atoms with Crippen LogP contribution in [0.5, 0.6) is 0 Å². The van der Waals surface area contributed by atoms with Crippen LogP contribution in [0.1, 0.15) is 17.3 Å². The van der Waals surface area contributed by atoms with Crippen LogP contribution in [0, 0.1) is 5.82 Å². The molecule has 0 saturated heterocycles. The summed E-state index contributed by atoms with van der Waals surface area (Å²) in [6, 6.07) is 7.89. The molecule has 0 bridgehead atoms. The van der Waals surface area contributed by atoms with Gasteiger partial charge in [0.05, 0.1) is 5.56 Å². The van der Waals surface area contributed by atoms with Crippen molar-refractivity contribution in [2.45, 2.75) is 13.0 Å². The summed E-state index contributed by atoms with van der Waals surface area (Å²) >= 11 is 0. The zero-order valence-electron chi connectivity index (χ0n) is 11.3. The van der Waals surface area contributed by atoms with Crippen LogP contribution in [0.25, 0.3) is 0 Å². The van der Waals surface area contributed by atoms with Crippen molar-refractivity contribution in [1.82, 2.24) is 10.3 Å². The molecule has 21 heavy (non-hydrogen) atoms. The summed E-state index contributed by atoms with van der Waals surface area (Å²) in [5, 5.41) is 5.15. The summed E-state index contributed by atoms with van der Waals surface area (Å²) in [6.07, 6.45) is 2.97. The number of nitrogens with one attached hydrogen (secondary N) is 2. The summed E-state index contributed by atoms with van der Waals surface area (Å²) in [5.41, 5.74) is 0.836. The molecular weight excluding hydrogens is 273 g/mol. The lowest BCUT2D eigenvalue weighted by molar-refractivity contribution is -0.117. The van der Waals surface area contributed by atoms with Crippen LogP contribution in [0.4, 0.5) is 10.1 Å². The van der Waals surface area contributed by atoms with E-state index in [4.69, 9.17) is 0 Å². The molecule has 0 aliphatic carbocycles. The number of nitrogens with zero attached hydrogens (tertiary/aromatic N) is 1. The second-order valence-electron chi connectivity index (χ2n) is 4.43. The van der Waals surface area contributed by atoms with E-state index in [0.717, 1.165) is 0 Å². The van der Waals surface area contributed by atoms with E-state index in [1.54, 1.807) is 25.3 Å². The maximum atomic E-state index is 12.8. The number of pyridine rings is 1. The molecule has 0 unspecified atom stereocenters. The maximum absolute atomic E-state index is 12.8. The van der Waals surface area contributed by atoms with Crippen molar-refractivity contribution in [1.29, 1.82) is 0 Å². The molecular formula is C15H14FN3O2. The first-order chi connectivity index (χ1) is 10.1. The van der Waals surface area contributed by atoms with Gasteiger partial charge >= 0.3 is 0 Å². The molecule has 2 rings (SSSR count). The van der Waals surface area contributed by atoms with Gasteiger partial charge in [0.25, 0.3) is 5.91 Å². The number of benzene rings is 1. The molecule has 0 saturated carbocycles. The fourth-order valence-corrected chi connectivity index (χ4v) is 1.63. The van der Waals surface area contributed by atoms with Gasteiger partial charge in [-0.25, -0.2) is 4.39 Å². The van der Waals surface area contributed by atoms with Gasteiger partial charge in [0.2, 0.25) is 5.91 Å². The number of rotatable bonds is 4. The summed E-state index contributed by atoms with van der Waals surface area (Å²) in [4.78, 5) is 27.6. The molecule has 6 heteroatoms. The van der Waals surface area contributed by atoms with Gasteiger partial charge in [-0.1, -0.05) is 0 Å². The van der Waals surface area contributed by atoms with Crippen molar-refractivity contribution in [2.24, 2.45) is 0 Å². The van der Waals surface area contributed by atoms with Crippen molar-refractivity contribution in [3.8, 4) is 0 Å². The Hall–Kier alpha value is -2.76. The van der Waals surface area contributed by atoms with E-state index < -0.39 is 6.04 Å². The van der Waals surface area contributed by atoms with Crippen LogP contribution in [0.15, 0.2) is 48.8 Å². The second kappa shape index (κ2) is 6.60. The Morgan fingerprint density at radius 2 is 1.90 bits per heavy atom. The van der Waals surface area contributed by atoms with Crippen molar-refractivity contribution in [3.63, 3.8) is 0 Å². The Morgan fingerprint density at radius 1 is 1.19 bits per heavy atom. The second-order valence-corrected chi connectivity index (χ2v) is 4.43. The molecule has 5 nitrogen and oxygen atoms in total. The first kappa shape index (κ1) is 14.6. The molecule has 0 spiro atoms. The lowest BCUT2D eigenvalue weighted by Gasteiger charge is -2.14. The van der Waals surface area contributed by atoms with Crippen LogP contribution < -0.4 is 10.6 Å². The first-order valence-corrected chi connectivity index (χ1v) is 6.33. The SMILES string of the molecule is C[C@@H](NC(=O)c1cccnc1)C(=O)Nc1ccc(F)cc1. The molecule has 0 radical (unpaired) electrons. The van der Waals surface area contributed by atoms with Crippen molar-refractivity contribution < 1.29 is 14.0 Å². The van der Waals surface area contributed by atoms with E-state index in [9.17, 15) is 14.0 Å². The molecule has 0 fully saturated rings. The number of carbonyl (C=O) groups excluding carboxylic acids is 2. The summed E-state index contributed by atoms with van der Waals surface area (Å²) in [7, 11) is 0. The Balaban J connectivity index is 1.93. The highest BCUT2D eigenvalue weighted by molar-refractivity contribution is 6.00. The van der Waals surface area contributed by atoms with Crippen LogP contribution >= 0.6 is 0 Å². The average Bonchev–Trinajstić information content (AvgIpc) is 2.50. The average molecular weight is 287 g/mol. The van der Waals surface area contributed by atoms with Gasteiger partial charge in [-0.05, 0) is 43.3 Å². The molecule has 1 aromatic carbocycles. The quantitative estimate of drug-likeness (QED) is 0.903. The number of halogens is 1. The minimum absolute atomic E-state index is 0.374. The Labute approximate surface area is 121 Å². The zero-order chi connectivity index (χ0) is 15.2. The van der Waals surface area contributed by atoms with E-state index in [1.165, 1.54) is 30.5 Å². The Morgan fingerprint density at radius 3 is 2.52 bits per heavy atom. The zero-order valence-corrected chi connectivity index (χ0v) is 11.3. The fraction of sp³-hybridized carbons (Fsp3) is 0.133. The van der Waals surface area contributed by atoms with E-state index in [2.05, 4.69) is 15.6 Å². The van der Waals surface area contributed by atoms with Crippen LogP contribution in [0.3, 0.4) is 0 Å². The van der Waals surface area contributed by atoms with Gasteiger partial charge in [-0.2, -0.15) is 0 Å². The summed E-state index contributed by atoms with van der Waals surface area (Å²) in [5.74, 6) is -1.16. The number of hydrogen-bond acceptors (Lipinski definition) is 3. The largest absolute Gasteiger partial charge is 0.340 e. The summed E-state index contributed by atoms with van der Waals surface area (Å²) in [6.45, 7) is 1.56. The van der Waals surface area contributed by atoms with Crippen LogP contribution in [-0.4, -0.2) is 22.8 Å². The standard InChI is InChI=1S/C15H14FN3O2/c1-10(18-15(21)11-3-2-8-17-9-11)14(20)19-13-6-4-12(16)5-7-13/h2-10H,1H3,(H,18,21)(H,19,20)/t10-/m1/s1.